The van der Waals surface area contributed by atoms with E-state index in [0.29, 0.717) is 30.5 Å². The number of hydrogen-bond acceptors (Lipinski definition) is 5. The zero-order valence-electron chi connectivity index (χ0n) is 14.0. The summed E-state index contributed by atoms with van der Waals surface area (Å²) in [5, 5.41) is 8.31. The lowest BCUT2D eigenvalue weighted by Gasteiger charge is -2.27. The van der Waals surface area contributed by atoms with Crippen molar-refractivity contribution in [3.05, 3.63) is 39.8 Å². The Kier molecular flexibility index (Phi) is 5.50. The number of esters is 1. The smallest absolute Gasteiger partial charge is 0.373 e. The molecule has 0 amide bonds. The lowest BCUT2D eigenvalue weighted by atomic mass is 9.99. The van der Waals surface area contributed by atoms with Gasteiger partial charge in [-0.2, -0.15) is 4.68 Å². The monoisotopic (exact) mass is 366 g/mol. The number of benzene rings is 1. The summed E-state index contributed by atoms with van der Waals surface area (Å²) in [5.41, 5.74) is 0.150. The van der Waals surface area contributed by atoms with E-state index in [1.807, 2.05) is 0 Å². The molecule has 2 heterocycles. The van der Waals surface area contributed by atoms with Crippen LogP contribution >= 0.6 is 11.6 Å². The maximum Gasteiger partial charge on any atom is 0.373 e. The van der Waals surface area contributed by atoms with Crippen LogP contribution in [0.1, 0.15) is 19.8 Å². The molecule has 1 saturated heterocycles. The molecule has 9 heteroatoms. The van der Waals surface area contributed by atoms with E-state index in [-0.39, 0.29) is 17.6 Å². The number of quaternary nitrogens is 1. The topological polar surface area (TPSA) is 83.4 Å². The van der Waals surface area contributed by atoms with E-state index in [9.17, 15) is 9.59 Å². The number of rotatable bonds is 5. The summed E-state index contributed by atoms with van der Waals surface area (Å²) in [6.45, 7) is 4.05. The highest BCUT2D eigenvalue weighted by molar-refractivity contribution is 6.32. The molecule has 1 fully saturated rings. The van der Waals surface area contributed by atoms with Crippen molar-refractivity contribution >= 4 is 17.6 Å². The number of ether oxygens (including phenoxy) is 1. The van der Waals surface area contributed by atoms with E-state index in [1.165, 1.54) is 9.36 Å². The lowest BCUT2D eigenvalue weighted by molar-refractivity contribution is -0.930. The first kappa shape index (κ1) is 17.6. The number of aromatic nitrogens is 4. The van der Waals surface area contributed by atoms with Crippen LogP contribution < -0.4 is 10.6 Å². The number of tetrazole rings is 1. The molecule has 1 aliphatic heterocycles. The Balaban J connectivity index is 1.73. The van der Waals surface area contributed by atoms with E-state index in [1.54, 1.807) is 31.2 Å². The fourth-order valence-electron chi connectivity index (χ4n) is 3.12. The van der Waals surface area contributed by atoms with Gasteiger partial charge >= 0.3 is 11.7 Å². The largest absolute Gasteiger partial charge is 0.466 e. The first-order chi connectivity index (χ1) is 12.1. The van der Waals surface area contributed by atoms with Crippen molar-refractivity contribution in [3.8, 4) is 5.69 Å². The van der Waals surface area contributed by atoms with Crippen LogP contribution in [0.4, 0.5) is 0 Å². The Hall–Kier alpha value is -2.19. The third-order valence-corrected chi connectivity index (χ3v) is 4.65. The van der Waals surface area contributed by atoms with Gasteiger partial charge in [-0.25, -0.2) is 4.79 Å². The molecule has 2 atom stereocenters. The summed E-state index contributed by atoms with van der Waals surface area (Å²) in [5.74, 6) is -0.287. The summed E-state index contributed by atoms with van der Waals surface area (Å²) in [7, 11) is 0. The van der Waals surface area contributed by atoms with Gasteiger partial charge in [0.1, 0.15) is 5.92 Å². The zero-order chi connectivity index (χ0) is 17.8. The quantitative estimate of drug-likeness (QED) is 0.747. The number of para-hydroxylation sites is 1. The van der Waals surface area contributed by atoms with Crippen LogP contribution in [0.3, 0.4) is 0 Å². The summed E-state index contributed by atoms with van der Waals surface area (Å²) < 4.78 is 7.61. The first-order valence-electron chi connectivity index (χ1n) is 8.38. The Morgan fingerprint density at radius 3 is 2.96 bits per heavy atom. The predicted molar refractivity (Wildman–Crippen MR) is 90.7 cm³/mol. The molecule has 0 radical (unpaired) electrons. The molecule has 134 valence electrons. The predicted octanol–water partition coefficient (Wildman–Crippen LogP) is -0.102. The van der Waals surface area contributed by atoms with Gasteiger partial charge in [-0.3, -0.25) is 4.79 Å². The summed E-state index contributed by atoms with van der Waals surface area (Å²) in [4.78, 5) is 25.6. The summed E-state index contributed by atoms with van der Waals surface area (Å²) in [6, 6.07) is 6.98. The number of nitrogens with one attached hydrogen (secondary N) is 1. The van der Waals surface area contributed by atoms with Gasteiger partial charge in [0.15, 0.2) is 6.67 Å². The number of piperidine rings is 1. The second-order valence-corrected chi connectivity index (χ2v) is 6.48. The normalized spacial score (nSPS) is 20.4. The van der Waals surface area contributed by atoms with Gasteiger partial charge in [-0.1, -0.05) is 23.7 Å². The fourth-order valence-corrected chi connectivity index (χ4v) is 3.33. The zero-order valence-corrected chi connectivity index (χ0v) is 14.8. The van der Waals surface area contributed by atoms with Gasteiger partial charge in [0.25, 0.3) is 0 Å². The van der Waals surface area contributed by atoms with Crippen LogP contribution in [-0.4, -0.2) is 45.5 Å². The lowest BCUT2D eigenvalue weighted by Crippen LogP contribution is -3.13. The molecule has 0 spiro atoms. The van der Waals surface area contributed by atoms with Crippen LogP contribution in [0.25, 0.3) is 5.69 Å². The second-order valence-electron chi connectivity index (χ2n) is 6.08. The maximum absolute atomic E-state index is 12.6. The molecule has 1 aliphatic rings. The Bertz CT molecular complexity index is 803. The van der Waals surface area contributed by atoms with Crippen LogP contribution in [0, 0.1) is 5.92 Å². The Labute approximate surface area is 149 Å². The first-order valence-corrected chi connectivity index (χ1v) is 8.76. The summed E-state index contributed by atoms with van der Waals surface area (Å²) >= 11 is 6.12. The molecule has 2 aromatic rings. The highest BCUT2D eigenvalue weighted by atomic mass is 35.5. The average Bonchev–Trinajstić information content (AvgIpc) is 2.96. The number of likely N-dealkylation sites (tertiary alicyclic amines) is 1. The third kappa shape index (κ3) is 3.91. The molecular formula is C16H21ClN5O3+. The number of hydrogen-bond donors (Lipinski definition) is 1. The third-order valence-electron chi connectivity index (χ3n) is 4.33. The van der Waals surface area contributed by atoms with Crippen molar-refractivity contribution in [1.29, 1.82) is 0 Å². The summed E-state index contributed by atoms with van der Waals surface area (Å²) in [6.07, 6.45) is 1.73. The van der Waals surface area contributed by atoms with E-state index in [0.717, 1.165) is 24.3 Å². The van der Waals surface area contributed by atoms with E-state index < -0.39 is 0 Å². The molecule has 1 aromatic heterocycles. The van der Waals surface area contributed by atoms with Crippen molar-refractivity contribution in [3.63, 3.8) is 0 Å². The van der Waals surface area contributed by atoms with Crippen LogP contribution in [0.2, 0.25) is 5.02 Å². The molecule has 1 unspecified atom stereocenters. The van der Waals surface area contributed by atoms with Gasteiger partial charge in [0, 0.05) is 0 Å². The van der Waals surface area contributed by atoms with Crippen LogP contribution in [0.15, 0.2) is 29.1 Å². The van der Waals surface area contributed by atoms with Crippen molar-refractivity contribution in [2.24, 2.45) is 5.92 Å². The molecule has 8 nitrogen and oxygen atoms in total. The Morgan fingerprint density at radius 1 is 1.40 bits per heavy atom. The standard InChI is InChI=1S/C16H20ClN5O3/c1-2-25-15(23)12-6-5-9-20(10-12)11-21-16(24)22(19-18-21)14-8-4-3-7-13(14)17/h3-4,7-8,12H,2,5-6,9-11H2,1H3/p+1/t12-/m1/s1. The fraction of sp³-hybridized carbons (Fsp3) is 0.500. The molecule has 3 rings (SSSR count). The molecule has 0 bridgehead atoms. The number of carbonyl (C=O) groups excluding carboxylic acids is 1. The number of nitrogens with zero attached hydrogens (tertiary/aromatic N) is 4. The molecular weight excluding hydrogens is 346 g/mol. The van der Waals surface area contributed by atoms with Crippen molar-refractivity contribution in [2.45, 2.75) is 26.4 Å². The van der Waals surface area contributed by atoms with Crippen molar-refractivity contribution in [2.75, 3.05) is 19.7 Å². The molecule has 0 aliphatic carbocycles. The number of halogens is 1. The van der Waals surface area contributed by atoms with Gasteiger partial charge in [0.2, 0.25) is 0 Å². The molecule has 1 N–H and O–H groups in total. The minimum Gasteiger partial charge on any atom is -0.466 e. The maximum atomic E-state index is 12.6. The SMILES string of the molecule is CCOC(=O)[C@@H]1CCC[NH+](Cn2nnn(-c3ccccc3Cl)c2=O)C1. The Morgan fingerprint density at radius 2 is 2.20 bits per heavy atom. The molecule has 25 heavy (non-hydrogen) atoms. The minimum atomic E-state index is -0.348. The van der Waals surface area contributed by atoms with E-state index in [2.05, 4.69) is 10.4 Å². The number of carbonyl (C=O) groups is 1. The van der Waals surface area contributed by atoms with Crippen molar-refractivity contribution < 1.29 is 14.4 Å². The van der Waals surface area contributed by atoms with Gasteiger partial charge in [-0.15, -0.1) is 4.68 Å². The highest BCUT2D eigenvalue weighted by Gasteiger charge is 2.30. The molecule has 0 saturated carbocycles. The van der Waals surface area contributed by atoms with Gasteiger partial charge < -0.3 is 9.64 Å². The highest BCUT2D eigenvalue weighted by Crippen LogP contribution is 2.16. The van der Waals surface area contributed by atoms with Gasteiger partial charge in [0.05, 0.1) is 30.4 Å². The van der Waals surface area contributed by atoms with Gasteiger partial charge in [-0.05, 0) is 42.3 Å². The molecule has 1 aromatic carbocycles. The van der Waals surface area contributed by atoms with Crippen LogP contribution in [0.5, 0.6) is 0 Å². The second kappa shape index (κ2) is 7.79. The van der Waals surface area contributed by atoms with E-state index in [4.69, 9.17) is 16.3 Å². The van der Waals surface area contributed by atoms with Crippen LogP contribution in [-0.2, 0) is 16.2 Å². The average molecular weight is 367 g/mol. The van der Waals surface area contributed by atoms with Crippen molar-refractivity contribution in [1.82, 2.24) is 19.8 Å². The minimum absolute atomic E-state index is 0.127. The van der Waals surface area contributed by atoms with E-state index >= 15 is 0 Å².